The molecule has 0 aliphatic carbocycles. The number of hydrogen-bond donors (Lipinski definition) is 1. The number of aromatic nitrogens is 2. The van der Waals surface area contributed by atoms with E-state index in [0.29, 0.717) is 24.2 Å². The van der Waals surface area contributed by atoms with Gasteiger partial charge in [0.05, 0.1) is 4.90 Å². The summed E-state index contributed by atoms with van der Waals surface area (Å²) in [6.45, 7) is 2.44. The maximum atomic E-state index is 13.9. The van der Waals surface area contributed by atoms with Crippen LogP contribution in [0.4, 0.5) is 4.39 Å². The van der Waals surface area contributed by atoms with Crippen molar-refractivity contribution in [2.24, 2.45) is 13.0 Å². The third kappa shape index (κ3) is 4.99. The Bertz CT molecular complexity index is 1230. The lowest BCUT2D eigenvalue weighted by molar-refractivity contribution is -0.126. The second-order valence-electron chi connectivity index (χ2n) is 8.38. The van der Waals surface area contributed by atoms with Crippen molar-refractivity contribution >= 4 is 15.9 Å². The van der Waals surface area contributed by atoms with Crippen molar-refractivity contribution in [2.45, 2.75) is 30.7 Å². The molecule has 3 aromatic rings. The standard InChI is InChI=1S/C24H27FN4O3S/c1-17-6-8-21(9-7-17)33(31,32)29-13-10-18(11-14-29)24(30)27-22(23-26-12-15-28(23)2)19-4-3-5-20(25)16-19/h3-9,12,15-16,18,22H,10-11,13-14H2,1-2H3,(H,27,30)/t22-/m1/s1. The summed E-state index contributed by atoms with van der Waals surface area (Å²) in [5.41, 5.74) is 1.59. The molecule has 1 fully saturated rings. The molecule has 33 heavy (non-hydrogen) atoms. The summed E-state index contributed by atoms with van der Waals surface area (Å²) in [7, 11) is -1.78. The van der Waals surface area contributed by atoms with Gasteiger partial charge in [-0.25, -0.2) is 17.8 Å². The molecule has 1 atom stereocenters. The highest BCUT2D eigenvalue weighted by atomic mass is 32.2. The van der Waals surface area contributed by atoms with Crippen LogP contribution < -0.4 is 5.32 Å². The van der Waals surface area contributed by atoms with Gasteiger partial charge in [-0.2, -0.15) is 4.31 Å². The first kappa shape index (κ1) is 23.1. The number of nitrogens with zero attached hydrogens (tertiary/aromatic N) is 3. The van der Waals surface area contributed by atoms with Gasteiger partial charge in [0.25, 0.3) is 0 Å². The zero-order chi connectivity index (χ0) is 23.6. The van der Waals surface area contributed by atoms with Gasteiger partial charge >= 0.3 is 0 Å². The molecule has 1 saturated heterocycles. The third-order valence-corrected chi connectivity index (χ3v) is 7.98. The summed E-state index contributed by atoms with van der Waals surface area (Å²) in [6.07, 6.45) is 4.21. The number of rotatable bonds is 6. The minimum atomic E-state index is -3.59. The Balaban J connectivity index is 1.46. The number of hydrogen-bond acceptors (Lipinski definition) is 4. The zero-order valence-corrected chi connectivity index (χ0v) is 19.4. The lowest BCUT2D eigenvalue weighted by atomic mass is 9.96. The van der Waals surface area contributed by atoms with Crippen LogP contribution >= 0.6 is 0 Å². The fraction of sp³-hybridized carbons (Fsp3) is 0.333. The summed E-state index contributed by atoms with van der Waals surface area (Å²) >= 11 is 0. The van der Waals surface area contributed by atoms with Gasteiger partial charge in [0, 0.05) is 38.4 Å². The first-order chi connectivity index (χ1) is 15.8. The SMILES string of the molecule is Cc1ccc(S(=O)(=O)N2CCC(C(=O)N[C@H](c3cccc(F)c3)c3nccn3C)CC2)cc1. The fourth-order valence-corrected chi connectivity index (χ4v) is 5.59. The molecule has 2 aromatic carbocycles. The Morgan fingerprint density at radius 2 is 1.85 bits per heavy atom. The van der Waals surface area contributed by atoms with Crippen LogP contribution in [0.2, 0.25) is 0 Å². The average Bonchev–Trinajstić information content (AvgIpc) is 3.23. The number of aryl methyl sites for hydroxylation is 2. The zero-order valence-electron chi connectivity index (χ0n) is 18.6. The summed E-state index contributed by atoms with van der Waals surface area (Å²) in [5, 5.41) is 3.01. The van der Waals surface area contributed by atoms with Crippen LogP contribution in [0.1, 0.15) is 35.8 Å². The van der Waals surface area contributed by atoms with Crippen LogP contribution in [0.5, 0.6) is 0 Å². The van der Waals surface area contributed by atoms with E-state index in [1.54, 1.807) is 53.4 Å². The number of carbonyl (C=O) groups excluding carboxylic acids is 1. The van der Waals surface area contributed by atoms with Crippen LogP contribution in [0.15, 0.2) is 65.8 Å². The van der Waals surface area contributed by atoms with Gasteiger partial charge in [0.15, 0.2) is 0 Å². The molecule has 0 unspecified atom stereocenters. The quantitative estimate of drug-likeness (QED) is 0.600. The van der Waals surface area contributed by atoms with E-state index in [4.69, 9.17) is 0 Å². The van der Waals surface area contributed by atoms with Crippen LogP contribution in [0.3, 0.4) is 0 Å². The normalized spacial score (nSPS) is 16.5. The number of halogens is 1. The Kier molecular flexibility index (Phi) is 6.62. The van der Waals surface area contributed by atoms with E-state index in [0.717, 1.165) is 5.56 Å². The molecule has 174 valence electrons. The van der Waals surface area contributed by atoms with E-state index >= 15 is 0 Å². The molecule has 1 aromatic heterocycles. The summed E-state index contributed by atoms with van der Waals surface area (Å²) < 4.78 is 43.0. The molecule has 0 bridgehead atoms. The molecule has 7 nitrogen and oxygen atoms in total. The first-order valence-electron chi connectivity index (χ1n) is 10.9. The first-order valence-corrected chi connectivity index (χ1v) is 12.3. The smallest absolute Gasteiger partial charge is 0.243 e. The topological polar surface area (TPSA) is 84.3 Å². The van der Waals surface area contributed by atoms with Crippen LogP contribution in [0.25, 0.3) is 0 Å². The molecule has 1 amide bonds. The van der Waals surface area contributed by atoms with Gasteiger partial charge in [-0.05, 0) is 49.6 Å². The second-order valence-corrected chi connectivity index (χ2v) is 10.3. The number of piperidine rings is 1. The van der Waals surface area contributed by atoms with E-state index < -0.39 is 21.9 Å². The Morgan fingerprint density at radius 3 is 2.45 bits per heavy atom. The number of sulfonamides is 1. The maximum Gasteiger partial charge on any atom is 0.243 e. The predicted octanol–water partition coefficient (Wildman–Crippen LogP) is 3.17. The minimum absolute atomic E-state index is 0.195. The molecule has 0 spiro atoms. The lowest BCUT2D eigenvalue weighted by Crippen LogP contribution is -2.44. The molecule has 0 saturated carbocycles. The van der Waals surface area contributed by atoms with E-state index in [1.807, 2.05) is 14.0 Å². The highest BCUT2D eigenvalue weighted by molar-refractivity contribution is 7.89. The lowest BCUT2D eigenvalue weighted by Gasteiger charge is -2.31. The van der Waals surface area contributed by atoms with Gasteiger partial charge < -0.3 is 9.88 Å². The van der Waals surface area contributed by atoms with Crippen molar-refractivity contribution in [1.82, 2.24) is 19.2 Å². The van der Waals surface area contributed by atoms with Gasteiger partial charge in [0.1, 0.15) is 17.7 Å². The molecule has 9 heteroatoms. The number of carbonyl (C=O) groups is 1. The number of imidazole rings is 1. The number of amides is 1. The third-order valence-electron chi connectivity index (χ3n) is 6.07. The highest BCUT2D eigenvalue weighted by Crippen LogP contribution is 2.27. The average molecular weight is 471 g/mol. The van der Waals surface area contributed by atoms with E-state index in [9.17, 15) is 17.6 Å². The second kappa shape index (κ2) is 9.44. The Hall–Kier alpha value is -3.04. The van der Waals surface area contributed by atoms with E-state index in [2.05, 4.69) is 10.3 Å². The van der Waals surface area contributed by atoms with E-state index in [-0.39, 0.29) is 29.8 Å². The molecule has 1 aliphatic heterocycles. The van der Waals surface area contributed by atoms with Crippen LogP contribution in [-0.2, 0) is 21.9 Å². The molecule has 1 N–H and O–H groups in total. The van der Waals surface area contributed by atoms with Gasteiger partial charge in [-0.1, -0.05) is 29.8 Å². The number of benzene rings is 2. The molecular weight excluding hydrogens is 443 g/mol. The highest BCUT2D eigenvalue weighted by Gasteiger charge is 2.33. The predicted molar refractivity (Wildman–Crippen MR) is 122 cm³/mol. The molecular formula is C24H27FN4O3S. The molecule has 1 aliphatic rings. The number of nitrogens with one attached hydrogen (secondary N) is 1. The summed E-state index contributed by atoms with van der Waals surface area (Å²) in [5.74, 6) is -0.339. The van der Waals surface area contributed by atoms with Gasteiger partial charge in [-0.15, -0.1) is 0 Å². The van der Waals surface area contributed by atoms with Crippen molar-refractivity contribution in [3.05, 3.63) is 83.7 Å². The van der Waals surface area contributed by atoms with Crippen LogP contribution in [-0.4, -0.2) is 41.3 Å². The van der Waals surface area contributed by atoms with Crippen molar-refractivity contribution < 1.29 is 17.6 Å². The molecule has 4 rings (SSSR count). The van der Waals surface area contributed by atoms with E-state index in [1.165, 1.54) is 16.4 Å². The minimum Gasteiger partial charge on any atom is -0.342 e. The van der Waals surface area contributed by atoms with Gasteiger partial charge in [-0.3, -0.25) is 4.79 Å². The molecule has 2 heterocycles. The van der Waals surface area contributed by atoms with Gasteiger partial charge in [0.2, 0.25) is 15.9 Å². The summed E-state index contributed by atoms with van der Waals surface area (Å²) in [6, 6.07) is 12.2. The monoisotopic (exact) mass is 470 g/mol. The van der Waals surface area contributed by atoms with Crippen molar-refractivity contribution in [2.75, 3.05) is 13.1 Å². The summed E-state index contributed by atoms with van der Waals surface area (Å²) in [4.78, 5) is 17.7. The Labute approximate surface area is 193 Å². The fourth-order valence-electron chi connectivity index (χ4n) is 4.12. The maximum absolute atomic E-state index is 13.9. The van der Waals surface area contributed by atoms with Crippen molar-refractivity contribution in [3.63, 3.8) is 0 Å². The van der Waals surface area contributed by atoms with Crippen LogP contribution in [0, 0.1) is 18.7 Å². The van der Waals surface area contributed by atoms with Crippen molar-refractivity contribution in [1.29, 1.82) is 0 Å². The Morgan fingerprint density at radius 1 is 1.15 bits per heavy atom. The molecule has 0 radical (unpaired) electrons. The van der Waals surface area contributed by atoms with Crippen molar-refractivity contribution in [3.8, 4) is 0 Å². The largest absolute Gasteiger partial charge is 0.342 e.